The first-order chi connectivity index (χ1) is 7.12. The largest absolute Gasteiger partial charge is 0.250 e. The van der Waals surface area contributed by atoms with Gasteiger partial charge in [0.15, 0.2) is 0 Å². The fourth-order valence-electron chi connectivity index (χ4n) is 2.32. The summed E-state index contributed by atoms with van der Waals surface area (Å²) in [7, 11) is 0. The molecule has 1 aromatic heterocycles. The fourth-order valence-corrected chi connectivity index (χ4v) is 2.32. The molecule has 0 saturated heterocycles. The Morgan fingerprint density at radius 1 is 1.40 bits per heavy atom. The molecule has 2 rings (SSSR count). The molecular weight excluding hydrogens is 186 g/mol. The third kappa shape index (κ3) is 2.06. The van der Waals surface area contributed by atoms with Crippen LogP contribution in [-0.2, 0) is 13.0 Å². The van der Waals surface area contributed by atoms with Crippen LogP contribution < -0.4 is 0 Å². The van der Waals surface area contributed by atoms with E-state index in [4.69, 9.17) is 0 Å². The van der Waals surface area contributed by atoms with Crippen LogP contribution in [-0.4, -0.2) is 14.8 Å². The quantitative estimate of drug-likeness (QED) is 0.709. The van der Waals surface area contributed by atoms with Crippen molar-refractivity contribution in [2.75, 3.05) is 0 Å². The van der Waals surface area contributed by atoms with Crippen molar-refractivity contribution in [2.45, 2.75) is 53.0 Å². The smallest absolute Gasteiger partial charge is 0.138 e. The van der Waals surface area contributed by atoms with E-state index in [0.717, 1.165) is 13.0 Å². The maximum absolute atomic E-state index is 4.34. The third-order valence-electron chi connectivity index (χ3n) is 4.00. The van der Waals surface area contributed by atoms with Gasteiger partial charge in [-0.1, -0.05) is 27.2 Å². The normalized spacial score (nSPS) is 27.2. The molecule has 0 radical (unpaired) electrons. The highest BCUT2D eigenvalue weighted by Gasteiger charge is 2.30. The first kappa shape index (κ1) is 10.7. The Hall–Kier alpha value is -0.860. The maximum atomic E-state index is 4.34. The lowest BCUT2D eigenvalue weighted by Crippen LogP contribution is -2.31. The van der Waals surface area contributed by atoms with Crippen molar-refractivity contribution in [1.82, 2.24) is 14.8 Å². The molecule has 0 bridgehead atoms. The third-order valence-corrected chi connectivity index (χ3v) is 4.00. The second-order valence-electron chi connectivity index (χ2n) is 5.35. The summed E-state index contributed by atoms with van der Waals surface area (Å²) in [6.07, 6.45) is 6.67. The standard InChI is InChI=1S/C12H21N3/c1-10(2)12(3)7-5-4-6-11-13-9-14-15(11)8-12/h9-10H,4-8H2,1-3H3. The van der Waals surface area contributed by atoms with E-state index in [1.54, 1.807) is 6.33 Å². The number of fused-ring (bicyclic) bond motifs is 1. The lowest BCUT2D eigenvalue weighted by molar-refractivity contribution is 0.144. The van der Waals surface area contributed by atoms with Gasteiger partial charge in [-0.25, -0.2) is 9.67 Å². The molecule has 0 N–H and O–H groups in total. The minimum atomic E-state index is 0.378. The summed E-state index contributed by atoms with van der Waals surface area (Å²) >= 11 is 0. The molecule has 3 nitrogen and oxygen atoms in total. The van der Waals surface area contributed by atoms with Crippen LogP contribution in [0.4, 0.5) is 0 Å². The van der Waals surface area contributed by atoms with Gasteiger partial charge in [0.2, 0.25) is 0 Å². The predicted octanol–water partition coefficient (Wildman–Crippen LogP) is 2.67. The van der Waals surface area contributed by atoms with Crippen LogP contribution in [0.5, 0.6) is 0 Å². The van der Waals surface area contributed by atoms with Crippen LogP contribution in [0.3, 0.4) is 0 Å². The van der Waals surface area contributed by atoms with Gasteiger partial charge >= 0.3 is 0 Å². The van der Waals surface area contributed by atoms with Crippen molar-refractivity contribution < 1.29 is 0 Å². The molecule has 1 atom stereocenters. The summed E-state index contributed by atoms with van der Waals surface area (Å²) in [5.41, 5.74) is 0.378. The monoisotopic (exact) mass is 207 g/mol. The van der Waals surface area contributed by atoms with E-state index < -0.39 is 0 Å². The lowest BCUT2D eigenvalue weighted by atomic mass is 9.74. The van der Waals surface area contributed by atoms with E-state index in [1.165, 1.54) is 25.1 Å². The fraction of sp³-hybridized carbons (Fsp3) is 0.833. The number of hydrogen-bond acceptors (Lipinski definition) is 2. The molecule has 2 heterocycles. The zero-order chi connectivity index (χ0) is 10.9. The molecule has 0 fully saturated rings. The van der Waals surface area contributed by atoms with E-state index in [0.29, 0.717) is 11.3 Å². The molecule has 0 spiro atoms. The average molecular weight is 207 g/mol. The molecule has 0 amide bonds. The summed E-state index contributed by atoms with van der Waals surface area (Å²) in [5, 5.41) is 4.34. The molecule has 84 valence electrons. The summed E-state index contributed by atoms with van der Waals surface area (Å²) in [6.45, 7) is 8.05. The Labute approximate surface area is 91.9 Å². The van der Waals surface area contributed by atoms with E-state index in [-0.39, 0.29) is 0 Å². The van der Waals surface area contributed by atoms with Crippen LogP contribution in [0, 0.1) is 11.3 Å². The number of aryl methyl sites for hydroxylation is 1. The Bertz CT molecular complexity index is 329. The van der Waals surface area contributed by atoms with E-state index >= 15 is 0 Å². The predicted molar refractivity (Wildman–Crippen MR) is 60.5 cm³/mol. The molecule has 0 aliphatic carbocycles. The summed E-state index contributed by atoms with van der Waals surface area (Å²) in [5.74, 6) is 1.87. The number of hydrogen-bond donors (Lipinski definition) is 0. The van der Waals surface area contributed by atoms with Crippen LogP contribution in [0.15, 0.2) is 6.33 Å². The Balaban J connectivity index is 2.26. The van der Waals surface area contributed by atoms with Gasteiger partial charge in [0.25, 0.3) is 0 Å². The number of nitrogens with zero attached hydrogens (tertiary/aromatic N) is 3. The highest BCUT2D eigenvalue weighted by molar-refractivity contribution is 4.90. The average Bonchev–Trinajstić information content (AvgIpc) is 2.56. The van der Waals surface area contributed by atoms with Crippen molar-refractivity contribution in [1.29, 1.82) is 0 Å². The molecule has 1 unspecified atom stereocenters. The lowest BCUT2D eigenvalue weighted by Gasteiger charge is -2.35. The number of rotatable bonds is 1. The minimum Gasteiger partial charge on any atom is -0.250 e. The molecule has 1 aromatic rings. The Morgan fingerprint density at radius 3 is 2.93 bits per heavy atom. The summed E-state index contributed by atoms with van der Waals surface area (Å²) < 4.78 is 2.11. The minimum absolute atomic E-state index is 0.378. The highest BCUT2D eigenvalue weighted by atomic mass is 15.3. The van der Waals surface area contributed by atoms with Crippen LogP contribution in [0.25, 0.3) is 0 Å². The molecular formula is C12H21N3. The van der Waals surface area contributed by atoms with Gasteiger partial charge in [-0.3, -0.25) is 0 Å². The van der Waals surface area contributed by atoms with Crippen molar-refractivity contribution in [3.8, 4) is 0 Å². The molecule has 1 aliphatic rings. The molecule has 0 saturated carbocycles. The maximum Gasteiger partial charge on any atom is 0.138 e. The molecule has 15 heavy (non-hydrogen) atoms. The second-order valence-corrected chi connectivity index (χ2v) is 5.35. The van der Waals surface area contributed by atoms with Gasteiger partial charge in [-0.15, -0.1) is 0 Å². The number of aromatic nitrogens is 3. The van der Waals surface area contributed by atoms with Crippen molar-refractivity contribution in [3.63, 3.8) is 0 Å². The van der Waals surface area contributed by atoms with E-state index in [1.807, 2.05) is 0 Å². The zero-order valence-corrected chi connectivity index (χ0v) is 10.0. The van der Waals surface area contributed by atoms with Crippen LogP contribution in [0.2, 0.25) is 0 Å². The van der Waals surface area contributed by atoms with E-state index in [2.05, 4.69) is 35.5 Å². The zero-order valence-electron chi connectivity index (χ0n) is 10.0. The topological polar surface area (TPSA) is 30.7 Å². The Kier molecular flexibility index (Phi) is 2.81. The van der Waals surface area contributed by atoms with Gasteiger partial charge in [0, 0.05) is 13.0 Å². The van der Waals surface area contributed by atoms with Gasteiger partial charge in [0.1, 0.15) is 12.2 Å². The van der Waals surface area contributed by atoms with Gasteiger partial charge in [-0.05, 0) is 24.2 Å². The second kappa shape index (κ2) is 3.95. The van der Waals surface area contributed by atoms with Crippen molar-refractivity contribution >= 4 is 0 Å². The van der Waals surface area contributed by atoms with E-state index in [9.17, 15) is 0 Å². The molecule has 3 heteroatoms. The van der Waals surface area contributed by atoms with Crippen molar-refractivity contribution in [2.24, 2.45) is 11.3 Å². The molecule has 1 aliphatic heterocycles. The van der Waals surface area contributed by atoms with Crippen LogP contribution in [0.1, 0.15) is 45.9 Å². The SMILES string of the molecule is CC(C)C1(C)CCCCc2ncnn2C1. The molecule has 0 aromatic carbocycles. The Morgan fingerprint density at radius 2 is 2.20 bits per heavy atom. The van der Waals surface area contributed by atoms with Gasteiger partial charge in [-0.2, -0.15) is 5.10 Å². The summed E-state index contributed by atoms with van der Waals surface area (Å²) in [6, 6.07) is 0. The van der Waals surface area contributed by atoms with Crippen molar-refractivity contribution in [3.05, 3.63) is 12.2 Å². The van der Waals surface area contributed by atoms with Gasteiger partial charge < -0.3 is 0 Å². The first-order valence-corrected chi connectivity index (χ1v) is 5.98. The first-order valence-electron chi connectivity index (χ1n) is 5.98. The van der Waals surface area contributed by atoms with Crippen LogP contribution >= 0.6 is 0 Å². The van der Waals surface area contributed by atoms with Gasteiger partial charge in [0.05, 0.1) is 0 Å². The highest BCUT2D eigenvalue weighted by Crippen LogP contribution is 2.36. The summed E-state index contributed by atoms with van der Waals surface area (Å²) in [4.78, 5) is 4.34.